The third kappa shape index (κ3) is 2.53. The van der Waals surface area contributed by atoms with E-state index >= 15 is 0 Å². The van der Waals surface area contributed by atoms with Crippen molar-refractivity contribution in [3.63, 3.8) is 0 Å². The number of hydrogen-bond acceptors (Lipinski definition) is 4. The summed E-state index contributed by atoms with van der Waals surface area (Å²) in [7, 11) is 0. The number of ether oxygens (including phenoxy) is 2. The summed E-state index contributed by atoms with van der Waals surface area (Å²) in [6.45, 7) is 8.05. The van der Waals surface area contributed by atoms with E-state index < -0.39 is 0 Å². The van der Waals surface area contributed by atoms with Crippen LogP contribution < -0.4 is 0 Å². The first kappa shape index (κ1) is 14.7. The summed E-state index contributed by atoms with van der Waals surface area (Å²) in [6.07, 6.45) is 3.36. The number of aryl methyl sites for hydroxylation is 1. The molecule has 3 rings (SSSR count). The summed E-state index contributed by atoms with van der Waals surface area (Å²) in [5.41, 5.74) is 2.52. The smallest absolute Gasteiger partial charge is 0.166 e. The average Bonchev–Trinajstić information content (AvgIpc) is 3.03. The predicted molar refractivity (Wildman–Crippen MR) is 78.7 cm³/mol. The minimum absolute atomic E-state index is 0.135. The Morgan fingerprint density at radius 3 is 2.90 bits per heavy atom. The Bertz CT molecular complexity index is 544. The molecule has 2 fully saturated rings. The standard InChI is InChI=1S/C16H24N2O3/c1-4-14(19)15-11(2)17-18(12(15)3)13-5-7-21-16(9-13)6-8-20-10-16/h13H,4-10H2,1-3H3. The third-order valence-corrected chi connectivity index (χ3v) is 4.80. The van der Waals surface area contributed by atoms with Gasteiger partial charge >= 0.3 is 0 Å². The Morgan fingerprint density at radius 1 is 1.43 bits per heavy atom. The number of ketones is 1. The van der Waals surface area contributed by atoms with Gasteiger partial charge in [-0.25, -0.2) is 0 Å². The SMILES string of the molecule is CCC(=O)c1c(C)nn(C2CCOC3(CCOC3)C2)c1C. The maximum Gasteiger partial charge on any atom is 0.166 e. The van der Waals surface area contributed by atoms with Gasteiger partial charge in [0.1, 0.15) is 0 Å². The Hall–Kier alpha value is -1.20. The summed E-state index contributed by atoms with van der Waals surface area (Å²) in [4.78, 5) is 12.1. The molecule has 2 saturated heterocycles. The van der Waals surface area contributed by atoms with Crippen LogP contribution in [0.3, 0.4) is 0 Å². The summed E-state index contributed by atoms with van der Waals surface area (Å²) >= 11 is 0. The highest BCUT2D eigenvalue weighted by atomic mass is 16.6. The van der Waals surface area contributed by atoms with Gasteiger partial charge in [0.15, 0.2) is 5.78 Å². The number of carbonyl (C=O) groups excluding carboxylic acids is 1. The molecule has 116 valence electrons. The highest BCUT2D eigenvalue weighted by Crippen LogP contribution is 2.38. The molecule has 2 atom stereocenters. The van der Waals surface area contributed by atoms with Crippen molar-refractivity contribution in [1.29, 1.82) is 0 Å². The molecule has 0 bridgehead atoms. The summed E-state index contributed by atoms with van der Waals surface area (Å²) < 4.78 is 13.6. The van der Waals surface area contributed by atoms with E-state index in [0.29, 0.717) is 19.1 Å². The van der Waals surface area contributed by atoms with Crippen LogP contribution >= 0.6 is 0 Å². The summed E-state index contributed by atoms with van der Waals surface area (Å²) in [6, 6.07) is 0.303. The van der Waals surface area contributed by atoms with Gasteiger partial charge in [0.2, 0.25) is 0 Å². The fraction of sp³-hybridized carbons (Fsp3) is 0.750. The Morgan fingerprint density at radius 2 is 2.24 bits per heavy atom. The molecule has 1 aromatic rings. The maximum atomic E-state index is 12.1. The van der Waals surface area contributed by atoms with Crippen LogP contribution in [0.25, 0.3) is 0 Å². The van der Waals surface area contributed by atoms with Crippen molar-refractivity contribution in [3.8, 4) is 0 Å². The molecular formula is C16H24N2O3. The number of Topliss-reactive ketones (excluding diaryl/α,β-unsaturated/α-hetero) is 1. The largest absolute Gasteiger partial charge is 0.378 e. The molecule has 2 unspecified atom stereocenters. The number of hydrogen-bond donors (Lipinski definition) is 0. The lowest BCUT2D eigenvalue weighted by atomic mass is 9.89. The predicted octanol–water partition coefficient (Wildman–Crippen LogP) is 2.60. The first-order chi connectivity index (χ1) is 10.1. The van der Waals surface area contributed by atoms with Crippen LogP contribution in [0.4, 0.5) is 0 Å². The van der Waals surface area contributed by atoms with Crippen molar-refractivity contribution in [2.45, 2.75) is 58.1 Å². The Labute approximate surface area is 125 Å². The molecule has 2 aliphatic heterocycles. The van der Waals surface area contributed by atoms with E-state index in [1.165, 1.54) is 0 Å². The summed E-state index contributed by atoms with van der Waals surface area (Å²) in [5, 5.41) is 4.66. The molecule has 0 saturated carbocycles. The second-order valence-electron chi connectivity index (χ2n) is 6.25. The topological polar surface area (TPSA) is 53.4 Å². The first-order valence-electron chi connectivity index (χ1n) is 7.87. The van der Waals surface area contributed by atoms with Crippen LogP contribution in [-0.2, 0) is 9.47 Å². The monoisotopic (exact) mass is 292 g/mol. The Balaban J connectivity index is 1.88. The van der Waals surface area contributed by atoms with E-state index in [2.05, 4.69) is 9.78 Å². The van der Waals surface area contributed by atoms with Gasteiger partial charge in [0.25, 0.3) is 0 Å². The van der Waals surface area contributed by atoms with Crippen LogP contribution in [0, 0.1) is 13.8 Å². The van der Waals surface area contributed by atoms with Gasteiger partial charge in [-0.1, -0.05) is 6.92 Å². The van der Waals surface area contributed by atoms with Crippen molar-refractivity contribution in [3.05, 3.63) is 17.0 Å². The van der Waals surface area contributed by atoms with Crippen molar-refractivity contribution in [2.24, 2.45) is 0 Å². The molecule has 21 heavy (non-hydrogen) atoms. The van der Waals surface area contributed by atoms with Gasteiger partial charge in [0, 0.05) is 38.2 Å². The zero-order valence-corrected chi connectivity index (χ0v) is 13.1. The normalized spacial score (nSPS) is 29.2. The molecule has 1 aromatic heterocycles. The second kappa shape index (κ2) is 5.54. The number of nitrogens with zero attached hydrogens (tertiary/aromatic N) is 2. The van der Waals surface area contributed by atoms with Crippen molar-refractivity contribution >= 4 is 5.78 Å². The van der Waals surface area contributed by atoms with Crippen molar-refractivity contribution in [1.82, 2.24) is 9.78 Å². The van der Waals surface area contributed by atoms with Crippen LogP contribution in [-0.4, -0.2) is 41.0 Å². The molecule has 0 N–H and O–H groups in total. The van der Waals surface area contributed by atoms with E-state index in [0.717, 1.165) is 49.4 Å². The van der Waals surface area contributed by atoms with E-state index in [-0.39, 0.29) is 11.4 Å². The molecular weight excluding hydrogens is 268 g/mol. The molecule has 5 heteroatoms. The van der Waals surface area contributed by atoms with Crippen LogP contribution in [0.1, 0.15) is 60.4 Å². The van der Waals surface area contributed by atoms with E-state index in [4.69, 9.17) is 9.47 Å². The molecule has 0 amide bonds. The number of rotatable bonds is 3. The highest BCUT2D eigenvalue weighted by molar-refractivity contribution is 5.97. The fourth-order valence-electron chi connectivity index (χ4n) is 3.67. The van der Waals surface area contributed by atoms with Gasteiger partial charge in [-0.3, -0.25) is 9.48 Å². The van der Waals surface area contributed by atoms with E-state index in [1.807, 2.05) is 20.8 Å². The van der Waals surface area contributed by atoms with Crippen LogP contribution in [0.15, 0.2) is 0 Å². The lowest BCUT2D eigenvalue weighted by Crippen LogP contribution is -2.41. The quantitative estimate of drug-likeness (QED) is 0.804. The van der Waals surface area contributed by atoms with Gasteiger partial charge in [-0.15, -0.1) is 0 Å². The molecule has 1 spiro atoms. The second-order valence-corrected chi connectivity index (χ2v) is 6.25. The van der Waals surface area contributed by atoms with Crippen molar-refractivity contribution < 1.29 is 14.3 Å². The molecule has 0 radical (unpaired) electrons. The van der Waals surface area contributed by atoms with E-state index in [9.17, 15) is 4.79 Å². The molecule has 5 nitrogen and oxygen atoms in total. The minimum atomic E-state index is -0.135. The minimum Gasteiger partial charge on any atom is -0.378 e. The first-order valence-corrected chi connectivity index (χ1v) is 7.87. The van der Waals surface area contributed by atoms with E-state index in [1.54, 1.807) is 0 Å². The number of aromatic nitrogens is 2. The zero-order valence-electron chi connectivity index (χ0n) is 13.1. The molecule has 3 heterocycles. The lowest BCUT2D eigenvalue weighted by molar-refractivity contribution is -0.0964. The fourth-order valence-corrected chi connectivity index (χ4v) is 3.67. The van der Waals surface area contributed by atoms with Crippen molar-refractivity contribution in [2.75, 3.05) is 19.8 Å². The highest BCUT2D eigenvalue weighted by Gasteiger charge is 2.42. The van der Waals surface area contributed by atoms with Crippen LogP contribution in [0.5, 0.6) is 0 Å². The van der Waals surface area contributed by atoms with Crippen LogP contribution in [0.2, 0.25) is 0 Å². The number of carbonyl (C=O) groups is 1. The molecule has 0 aliphatic carbocycles. The van der Waals surface area contributed by atoms with Gasteiger partial charge in [0.05, 0.1) is 29.5 Å². The summed E-state index contributed by atoms with van der Waals surface area (Å²) in [5.74, 6) is 0.183. The maximum absolute atomic E-state index is 12.1. The Kier molecular flexibility index (Phi) is 3.88. The molecule has 0 aromatic carbocycles. The van der Waals surface area contributed by atoms with Gasteiger partial charge < -0.3 is 9.47 Å². The third-order valence-electron chi connectivity index (χ3n) is 4.80. The lowest BCUT2D eigenvalue weighted by Gasteiger charge is -2.37. The molecule has 2 aliphatic rings. The average molecular weight is 292 g/mol. The zero-order chi connectivity index (χ0) is 15.0. The van der Waals surface area contributed by atoms with Gasteiger partial charge in [-0.2, -0.15) is 5.10 Å². The van der Waals surface area contributed by atoms with Gasteiger partial charge in [-0.05, 0) is 20.3 Å².